The van der Waals surface area contributed by atoms with Crippen LogP contribution in [0.5, 0.6) is 17.2 Å². The first-order valence-corrected chi connectivity index (χ1v) is 10.4. The summed E-state index contributed by atoms with van der Waals surface area (Å²) < 4.78 is 15.9. The number of nitrogens with zero attached hydrogens (tertiary/aromatic N) is 2. The smallest absolute Gasteiger partial charge is 0.273 e. The van der Waals surface area contributed by atoms with E-state index >= 15 is 0 Å². The molecule has 4 rings (SSSR count). The zero-order valence-electron chi connectivity index (χ0n) is 17.1. The molecule has 1 aliphatic heterocycles. The normalized spacial score (nSPS) is 12.8. The van der Waals surface area contributed by atoms with E-state index in [1.54, 1.807) is 26.7 Å². The highest BCUT2D eigenvalue weighted by atomic mass is 32.1. The summed E-state index contributed by atoms with van der Waals surface area (Å²) in [6, 6.07) is 11.5. The lowest BCUT2D eigenvalue weighted by atomic mass is 9.99. The Labute approximate surface area is 179 Å². The van der Waals surface area contributed by atoms with Crippen LogP contribution in [-0.4, -0.2) is 43.7 Å². The van der Waals surface area contributed by atoms with Crippen LogP contribution in [-0.2, 0) is 13.0 Å². The van der Waals surface area contributed by atoms with Crippen molar-refractivity contribution < 1.29 is 19.0 Å². The fourth-order valence-electron chi connectivity index (χ4n) is 3.46. The van der Waals surface area contributed by atoms with Crippen molar-refractivity contribution in [1.29, 1.82) is 0 Å². The summed E-state index contributed by atoms with van der Waals surface area (Å²) in [7, 11) is 4.85. The number of carbonyl (C=O) groups is 1. The molecule has 0 saturated heterocycles. The van der Waals surface area contributed by atoms with E-state index in [0.717, 1.165) is 23.4 Å². The van der Waals surface area contributed by atoms with Crippen LogP contribution in [0.3, 0.4) is 0 Å². The molecule has 30 heavy (non-hydrogen) atoms. The van der Waals surface area contributed by atoms with Crippen molar-refractivity contribution >= 4 is 28.1 Å². The molecule has 1 amide bonds. The van der Waals surface area contributed by atoms with Crippen LogP contribution in [0.1, 0.15) is 21.6 Å². The van der Waals surface area contributed by atoms with Crippen molar-refractivity contribution in [2.45, 2.75) is 13.0 Å². The topological polar surface area (TPSA) is 72.9 Å². The lowest BCUT2D eigenvalue weighted by molar-refractivity contribution is 0.0729. The molecule has 7 nitrogen and oxygen atoms in total. The maximum Gasteiger partial charge on any atom is 0.273 e. The third-order valence-electron chi connectivity index (χ3n) is 5.07. The number of nitrogens with one attached hydrogen (secondary N) is 1. The number of fused-ring (bicyclic) bond motifs is 1. The SMILES string of the molecule is COc1ccc2c(c1)CCN(C(=O)c1csc(Nc3ccc(OC)c(OC)c3)n1)C2. The first kappa shape index (κ1) is 20.0. The second-order valence-electron chi connectivity index (χ2n) is 6.84. The Morgan fingerprint density at radius 2 is 1.87 bits per heavy atom. The van der Waals surface area contributed by atoms with Gasteiger partial charge in [0.2, 0.25) is 0 Å². The fraction of sp³-hybridized carbons (Fsp3) is 0.273. The first-order valence-electron chi connectivity index (χ1n) is 9.51. The molecule has 2 aromatic carbocycles. The van der Waals surface area contributed by atoms with Crippen LogP contribution in [0, 0.1) is 0 Å². The maximum absolute atomic E-state index is 13.0. The van der Waals surface area contributed by atoms with E-state index in [4.69, 9.17) is 14.2 Å². The number of carbonyl (C=O) groups excluding carboxylic acids is 1. The average Bonchev–Trinajstić information content (AvgIpc) is 3.26. The molecular weight excluding hydrogens is 402 g/mol. The van der Waals surface area contributed by atoms with E-state index in [1.165, 1.54) is 16.9 Å². The number of anilines is 2. The standard InChI is InChI=1S/C22H23N3O4S/c1-27-17-6-4-15-12-25(9-8-14(15)10-17)21(26)18-13-30-22(24-18)23-16-5-7-19(28-2)20(11-16)29-3/h4-7,10-11,13H,8-9,12H2,1-3H3,(H,23,24). The summed E-state index contributed by atoms with van der Waals surface area (Å²) in [5, 5.41) is 5.66. The van der Waals surface area contributed by atoms with Gasteiger partial charge in [-0.1, -0.05) is 6.07 Å². The molecule has 0 saturated carbocycles. The highest BCUT2D eigenvalue weighted by molar-refractivity contribution is 7.14. The van der Waals surface area contributed by atoms with E-state index < -0.39 is 0 Å². The molecule has 0 radical (unpaired) electrons. The van der Waals surface area contributed by atoms with Gasteiger partial charge in [0, 0.05) is 30.2 Å². The predicted octanol–water partition coefficient (Wildman–Crippen LogP) is 4.11. The Kier molecular flexibility index (Phi) is 5.76. The number of aromatic nitrogens is 1. The Morgan fingerprint density at radius 3 is 2.63 bits per heavy atom. The van der Waals surface area contributed by atoms with Gasteiger partial charge in [-0.3, -0.25) is 4.79 Å². The lowest BCUT2D eigenvalue weighted by Crippen LogP contribution is -2.36. The number of benzene rings is 2. The van der Waals surface area contributed by atoms with Gasteiger partial charge in [0.25, 0.3) is 5.91 Å². The number of rotatable bonds is 6. The molecule has 1 aromatic heterocycles. The largest absolute Gasteiger partial charge is 0.497 e. The van der Waals surface area contributed by atoms with E-state index in [-0.39, 0.29) is 5.91 Å². The summed E-state index contributed by atoms with van der Waals surface area (Å²) in [6.07, 6.45) is 0.805. The Balaban J connectivity index is 1.45. The second kappa shape index (κ2) is 8.62. The first-order chi connectivity index (χ1) is 14.6. The average molecular weight is 426 g/mol. The molecule has 0 unspecified atom stereocenters. The Bertz CT molecular complexity index is 1070. The number of amides is 1. The Morgan fingerprint density at radius 1 is 1.03 bits per heavy atom. The van der Waals surface area contributed by atoms with Crippen molar-refractivity contribution in [1.82, 2.24) is 9.88 Å². The summed E-state index contributed by atoms with van der Waals surface area (Å²) in [4.78, 5) is 19.3. The van der Waals surface area contributed by atoms with Crippen molar-refractivity contribution in [3.05, 3.63) is 58.6 Å². The highest BCUT2D eigenvalue weighted by Gasteiger charge is 2.24. The van der Waals surface area contributed by atoms with Crippen molar-refractivity contribution in [3.63, 3.8) is 0 Å². The van der Waals surface area contributed by atoms with Crippen LogP contribution in [0.2, 0.25) is 0 Å². The third kappa shape index (κ3) is 4.04. The predicted molar refractivity (Wildman–Crippen MR) is 116 cm³/mol. The van der Waals surface area contributed by atoms with Crippen LogP contribution >= 0.6 is 11.3 Å². The number of methoxy groups -OCH3 is 3. The molecular formula is C22H23N3O4S. The summed E-state index contributed by atoms with van der Waals surface area (Å²) in [6.45, 7) is 1.24. The molecule has 1 aliphatic rings. The maximum atomic E-state index is 13.0. The van der Waals surface area contributed by atoms with Gasteiger partial charge in [0.15, 0.2) is 16.6 Å². The van der Waals surface area contributed by atoms with Gasteiger partial charge >= 0.3 is 0 Å². The monoisotopic (exact) mass is 425 g/mol. The van der Waals surface area contributed by atoms with Crippen molar-refractivity contribution in [2.24, 2.45) is 0 Å². The zero-order chi connectivity index (χ0) is 21.1. The molecule has 0 atom stereocenters. The summed E-state index contributed by atoms with van der Waals surface area (Å²) in [5.41, 5.74) is 3.63. The van der Waals surface area contributed by atoms with Crippen molar-refractivity contribution in [3.8, 4) is 17.2 Å². The lowest BCUT2D eigenvalue weighted by Gasteiger charge is -2.28. The van der Waals surface area contributed by atoms with Crippen molar-refractivity contribution in [2.75, 3.05) is 33.2 Å². The molecule has 0 aliphatic carbocycles. The third-order valence-corrected chi connectivity index (χ3v) is 5.83. The summed E-state index contributed by atoms with van der Waals surface area (Å²) >= 11 is 1.39. The molecule has 1 N–H and O–H groups in total. The Hall–Kier alpha value is -3.26. The van der Waals surface area contributed by atoms with Gasteiger partial charge < -0.3 is 24.4 Å². The molecule has 0 bridgehead atoms. The van der Waals surface area contributed by atoms with Gasteiger partial charge in [0.05, 0.1) is 21.3 Å². The van der Waals surface area contributed by atoms with E-state index in [0.29, 0.717) is 35.4 Å². The summed E-state index contributed by atoms with van der Waals surface area (Å²) in [5.74, 6) is 2.06. The minimum absolute atomic E-state index is 0.0620. The van der Waals surface area contributed by atoms with E-state index in [2.05, 4.69) is 10.3 Å². The molecule has 0 spiro atoms. The fourth-order valence-corrected chi connectivity index (χ4v) is 4.16. The second-order valence-corrected chi connectivity index (χ2v) is 7.70. The van der Waals surface area contributed by atoms with Gasteiger partial charge in [-0.05, 0) is 41.8 Å². The molecule has 3 aromatic rings. The van der Waals surface area contributed by atoms with Crippen LogP contribution in [0.4, 0.5) is 10.8 Å². The van der Waals surface area contributed by atoms with E-state index in [1.807, 2.05) is 41.3 Å². The van der Waals surface area contributed by atoms with Gasteiger partial charge in [-0.2, -0.15) is 0 Å². The minimum Gasteiger partial charge on any atom is -0.497 e. The number of hydrogen-bond acceptors (Lipinski definition) is 7. The van der Waals surface area contributed by atoms with Crippen LogP contribution < -0.4 is 19.5 Å². The number of hydrogen-bond donors (Lipinski definition) is 1. The highest BCUT2D eigenvalue weighted by Crippen LogP contribution is 2.32. The molecule has 8 heteroatoms. The van der Waals surface area contributed by atoms with Crippen LogP contribution in [0.15, 0.2) is 41.8 Å². The zero-order valence-corrected chi connectivity index (χ0v) is 17.9. The van der Waals surface area contributed by atoms with Crippen LogP contribution in [0.25, 0.3) is 0 Å². The molecule has 0 fully saturated rings. The van der Waals surface area contributed by atoms with Gasteiger partial charge in [0.1, 0.15) is 11.4 Å². The molecule has 156 valence electrons. The quantitative estimate of drug-likeness (QED) is 0.641. The van der Waals surface area contributed by atoms with E-state index in [9.17, 15) is 4.79 Å². The minimum atomic E-state index is -0.0620. The van der Waals surface area contributed by atoms with Gasteiger partial charge in [-0.25, -0.2) is 4.98 Å². The van der Waals surface area contributed by atoms with Gasteiger partial charge in [-0.15, -0.1) is 11.3 Å². The molecule has 2 heterocycles. The number of thiazole rings is 1. The number of ether oxygens (including phenoxy) is 3.